The van der Waals surface area contributed by atoms with Gasteiger partial charge in [-0.15, -0.1) is 0 Å². The van der Waals surface area contributed by atoms with Crippen molar-refractivity contribution in [3.8, 4) is 0 Å². The normalized spacial score (nSPS) is 13.2. The molecule has 25 heavy (non-hydrogen) atoms. The number of aromatic nitrogens is 2. The Balaban J connectivity index is 2.81. The highest BCUT2D eigenvalue weighted by atomic mass is 16.5. The number of nitrogens with zero attached hydrogens (tertiary/aromatic N) is 1. The Morgan fingerprint density at radius 1 is 1.28 bits per heavy atom. The number of amides is 2. The maximum atomic E-state index is 12.5. The molecule has 2 unspecified atom stereocenters. The van der Waals surface area contributed by atoms with Gasteiger partial charge in [-0.3, -0.25) is 9.59 Å². The fourth-order valence-corrected chi connectivity index (χ4v) is 2.24. The molecule has 0 aliphatic rings. The zero-order chi connectivity index (χ0) is 18.8. The van der Waals surface area contributed by atoms with E-state index in [0.29, 0.717) is 12.3 Å². The van der Waals surface area contributed by atoms with Crippen molar-refractivity contribution in [2.45, 2.75) is 59.0 Å². The van der Waals surface area contributed by atoms with Gasteiger partial charge in [-0.1, -0.05) is 27.2 Å². The van der Waals surface area contributed by atoms with Crippen molar-refractivity contribution in [2.75, 3.05) is 6.61 Å². The van der Waals surface area contributed by atoms with Crippen molar-refractivity contribution >= 4 is 17.8 Å². The van der Waals surface area contributed by atoms with Crippen LogP contribution in [0.3, 0.4) is 0 Å². The number of hydrogen-bond donors (Lipinski definition) is 3. The standard InChI is InChI=1S/C17H28N4O4/c1-5-6-7-25-17(24)14(8-13-9-18-10-19-13)21-16(23)15(11(2)3)20-12(4)22/h9-11,14-15H,5-8H2,1-4H3,(H,18,19)(H,20,22)(H,21,23). The van der Waals surface area contributed by atoms with Gasteiger partial charge < -0.3 is 20.4 Å². The molecule has 1 heterocycles. The summed E-state index contributed by atoms with van der Waals surface area (Å²) < 4.78 is 5.24. The van der Waals surface area contributed by atoms with E-state index >= 15 is 0 Å². The predicted molar refractivity (Wildman–Crippen MR) is 92.5 cm³/mol. The van der Waals surface area contributed by atoms with E-state index in [0.717, 1.165) is 12.8 Å². The predicted octanol–water partition coefficient (Wildman–Crippen LogP) is 0.941. The van der Waals surface area contributed by atoms with Crippen LogP contribution >= 0.6 is 0 Å². The van der Waals surface area contributed by atoms with Crippen LogP contribution < -0.4 is 10.6 Å². The molecule has 0 aliphatic carbocycles. The molecule has 0 saturated heterocycles. The minimum absolute atomic E-state index is 0.118. The Hall–Kier alpha value is -2.38. The van der Waals surface area contributed by atoms with E-state index in [1.807, 2.05) is 20.8 Å². The summed E-state index contributed by atoms with van der Waals surface area (Å²) in [5.41, 5.74) is 0.707. The highest BCUT2D eigenvalue weighted by Crippen LogP contribution is 2.06. The first-order valence-electron chi connectivity index (χ1n) is 8.56. The summed E-state index contributed by atoms with van der Waals surface area (Å²) in [6.45, 7) is 7.30. The van der Waals surface area contributed by atoms with Gasteiger partial charge >= 0.3 is 5.97 Å². The van der Waals surface area contributed by atoms with E-state index in [9.17, 15) is 14.4 Å². The molecule has 1 aromatic rings. The molecule has 0 bridgehead atoms. The zero-order valence-electron chi connectivity index (χ0n) is 15.3. The van der Waals surface area contributed by atoms with Crippen LogP contribution in [0.1, 0.15) is 46.2 Å². The van der Waals surface area contributed by atoms with E-state index in [-0.39, 0.29) is 18.2 Å². The van der Waals surface area contributed by atoms with Gasteiger partial charge in [0.1, 0.15) is 12.1 Å². The molecule has 0 radical (unpaired) electrons. The number of imidazole rings is 1. The summed E-state index contributed by atoms with van der Waals surface area (Å²) in [4.78, 5) is 43.0. The summed E-state index contributed by atoms with van der Waals surface area (Å²) in [6.07, 6.45) is 5.00. The number of esters is 1. The van der Waals surface area contributed by atoms with Gasteiger partial charge in [-0.25, -0.2) is 9.78 Å². The third-order valence-corrected chi connectivity index (χ3v) is 3.63. The molecule has 1 rings (SSSR count). The van der Waals surface area contributed by atoms with E-state index in [1.54, 1.807) is 6.20 Å². The van der Waals surface area contributed by atoms with Gasteiger partial charge in [-0.2, -0.15) is 0 Å². The Labute approximate surface area is 148 Å². The quantitative estimate of drug-likeness (QED) is 0.428. The molecule has 0 aromatic carbocycles. The number of rotatable bonds is 10. The SMILES string of the molecule is CCCCOC(=O)C(Cc1cnc[nH]1)NC(=O)C(NC(C)=O)C(C)C. The first kappa shape index (κ1) is 20.7. The third-order valence-electron chi connectivity index (χ3n) is 3.63. The van der Waals surface area contributed by atoms with Gasteiger partial charge in [0.2, 0.25) is 11.8 Å². The molecular weight excluding hydrogens is 324 g/mol. The molecule has 0 fully saturated rings. The summed E-state index contributed by atoms with van der Waals surface area (Å²) in [6, 6.07) is -1.56. The van der Waals surface area contributed by atoms with Crippen LogP contribution in [-0.4, -0.2) is 46.4 Å². The molecule has 2 amide bonds. The molecule has 140 valence electrons. The number of hydrogen-bond acceptors (Lipinski definition) is 5. The lowest BCUT2D eigenvalue weighted by molar-refractivity contribution is -0.148. The minimum atomic E-state index is -0.847. The van der Waals surface area contributed by atoms with Crippen LogP contribution in [0.15, 0.2) is 12.5 Å². The Bertz CT molecular complexity index is 557. The van der Waals surface area contributed by atoms with Crippen molar-refractivity contribution in [2.24, 2.45) is 5.92 Å². The van der Waals surface area contributed by atoms with Crippen molar-refractivity contribution in [1.29, 1.82) is 0 Å². The van der Waals surface area contributed by atoms with Crippen LogP contribution in [0.2, 0.25) is 0 Å². The second-order valence-corrected chi connectivity index (χ2v) is 6.29. The largest absolute Gasteiger partial charge is 0.464 e. The zero-order valence-corrected chi connectivity index (χ0v) is 15.3. The maximum absolute atomic E-state index is 12.5. The van der Waals surface area contributed by atoms with Crippen molar-refractivity contribution in [1.82, 2.24) is 20.6 Å². The minimum Gasteiger partial charge on any atom is -0.464 e. The summed E-state index contributed by atoms with van der Waals surface area (Å²) in [5.74, 6) is -1.33. The highest BCUT2D eigenvalue weighted by Gasteiger charge is 2.29. The number of H-pyrrole nitrogens is 1. The molecule has 2 atom stereocenters. The van der Waals surface area contributed by atoms with Crippen LogP contribution in [0.5, 0.6) is 0 Å². The Morgan fingerprint density at radius 3 is 2.52 bits per heavy atom. The van der Waals surface area contributed by atoms with Gasteiger partial charge in [0.05, 0.1) is 12.9 Å². The van der Waals surface area contributed by atoms with E-state index in [4.69, 9.17) is 4.74 Å². The molecule has 1 aromatic heterocycles. The van der Waals surface area contributed by atoms with Crippen molar-refractivity contribution < 1.29 is 19.1 Å². The fraction of sp³-hybridized carbons (Fsp3) is 0.647. The number of nitrogens with one attached hydrogen (secondary N) is 3. The monoisotopic (exact) mass is 352 g/mol. The lowest BCUT2D eigenvalue weighted by Gasteiger charge is -2.24. The lowest BCUT2D eigenvalue weighted by Crippen LogP contribution is -2.54. The first-order chi connectivity index (χ1) is 11.8. The average Bonchev–Trinajstić information content (AvgIpc) is 3.04. The Kier molecular flexibility index (Phi) is 8.66. The summed E-state index contributed by atoms with van der Waals surface area (Å²) in [7, 11) is 0. The topological polar surface area (TPSA) is 113 Å². The van der Waals surface area contributed by atoms with E-state index in [2.05, 4.69) is 20.6 Å². The second-order valence-electron chi connectivity index (χ2n) is 6.29. The van der Waals surface area contributed by atoms with Crippen molar-refractivity contribution in [3.63, 3.8) is 0 Å². The van der Waals surface area contributed by atoms with Crippen LogP contribution in [0.4, 0.5) is 0 Å². The number of ether oxygens (including phenoxy) is 1. The van der Waals surface area contributed by atoms with Crippen molar-refractivity contribution in [3.05, 3.63) is 18.2 Å². The van der Waals surface area contributed by atoms with Gasteiger partial charge in [0, 0.05) is 25.2 Å². The first-order valence-corrected chi connectivity index (χ1v) is 8.56. The molecule has 0 spiro atoms. The molecule has 8 heteroatoms. The average molecular weight is 352 g/mol. The molecular formula is C17H28N4O4. The molecule has 0 saturated carbocycles. The second kappa shape index (κ2) is 10.5. The smallest absolute Gasteiger partial charge is 0.329 e. The number of aromatic amines is 1. The lowest BCUT2D eigenvalue weighted by atomic mass is 10.0. The number of unbranched alkanes of at least 4 members (excludes halogenated alkanes) is 1. The van der Waals surface area contributed by atoms with E-state index in [1.165, 1.54) is 13.3 Å². The molecule has 0 aliphatic heterocycles. The fourth-order valence-electron chi connectivity index (χ4n) is 2.24. The van der Waals surface area contributed by atoms with Gasteiger partial charge in [-0.05, 0) is 12.3 Å². The van der Waals surface area contributed by atoms with Crippen LogP contribution in [0.25, 0.3) is 0 Å². The molecule has 8 nitrogen and oxygen atoms in total. The van der Waals surface area contributed by atoms with Gasteiger partial charge in [0.25, 0.3) is 0 Å². The highest BCUT2D eigenvalue weighted by molar-refractivity contribution is 5.90. The Morgan fingerprint density at radius 2 is 2.00 bits per heavy atom. The summed E-state index contributed by atoms with van der Waals surface area (Å²) in [5, 5.41) is 5.30. The van der Waals surface area contributed by atoms with Crippen LogP contribution in [0, 0.1) is 5.92 Å². The van der Waals surface area contributed by atoms with E-state index < -0.39 is 24.0 Å². The number of carbonyl (C=O) groups is 3. The third kappa shape index (κ3) is 7.36. The van der Waals surface area contributed by atoms with Gasteiger partial charge in [0.15, 0.2) is 0 Å². The summed E-state index contributed by atoms with van der Waals surface area (Å²) >= 11 is 0. The number of carbonyl (C=O) groups excluding carboxylic acids is 3. The van der Waals surface area contributed by atoms with Crippen LogP contribution in [-0.2, 0) is 25.5 Å². The maximum Gasteiger partial charge on any atom is 0.329 e. The molecule has 3 N–H and O–H groups in total.